The summed E-state index contributed by atoms with van der Waals surface area (Å²) >= 11 is 2.03. The van der Waals surface area contributed by atoms with Gasteiger partial charge < -0.3 is 10.5 Å². The molecule has 0 saturated carbocycles. The summed E-state index contributed by atoms with van der Waals surface area (Å²) in [6.07, 6.45) is 1.25. The molecule has 1 saturated heterocycles. The Morgan fingerprint density at radius 1 is 1.38 bits per heavy atom. The monoisotopic (exact) mass is 237 g/mol. The minimum atomic E-state index is 0.632. The van der Waals surface area contributed by atoms with Crippen LogP contribution in [0, 0.1) is 5.92 Å². The maximum absolute atomic E-state index is 5.85. The summed E-state index contributed by atoms with van der Waals surface area (Å²) in [4.78, 5) is 0. The van der Waals surface area contributed by atoms with Gasteiger partial charge in [0.05, 0.1) is 7.11 Å². The van der Waals surface area contributed by atoms with E-state index in [0.29, 0.717) is 11.8 Å². The van der Waals surface area contributed by atoms with E-state index in [0.717, 1.165) is 12.3 Å². The number of methoxy groups -OCH3 is 1. The molecule has 1 aromatic carbocycles. The normalized spacial score (nSPS) is 25.4. The molecule has 0 bridgehead atoms. The van der Waals surface area contributed by atoms with Crippen LogP contribution in [0.2, 0.25) is 0 Å². The zero-order valence-corrected chi connectivity index (χ0v) is 10.5. The molecular formula is C13H19NOS. The summed E-state index contributed by atoms with van der Waals surface area (Å²) in [6, 6.07) is 8.46. The summed E-state index contributed by atoms with van der Waals surface area (Å²) in [5, 5.41) is 0. The molecule has 2 nitrogen and oxygen atoms in total. The smallest absolute Gasteiger partial charge is 0.118 e. The fraction of sp³-hybridized carbons (Fsp3) is 0.538. The summed E-state index contributed by atoms with van der Waals surface area (Å²) < 4.78 is 5.18. The Labute approximate surface area is 102 Å². The Balaban J connectivity index is 2.14. The summed E-state index contributed by atoms with van der Waals surface area (Å²) in [5.74, 6) is 4.66. The molecule has 0 spiro atoms. The number of ether oxygens (including phenoxy) is 1. The van der Waals surface area contributed by atoms with Crippen molar-refractivity contribution in [1.29, 1.82) is 0 Å². The minimum Gasteiger partial charge on any atom is -0.497 e. The zero-order chi connectivity index (χ0) is 11.4. The first-order valence-corrected chi connectivity index (χ1v) is 6.92. The van der Waals surface area contributed by atoms with Crippen molar-refractivity contribution in [3.05, 3.63) is 29.8 Å². The second-order valence-electron chi connectivity index (χ2n) is 4.24. The van der Waals surface area contributed by atoms with Gasteiger partial charge in [0.15, 0.2) is 0 Å². The van der Waals surface area contributed by atoms with Gasteiger partial charge in [0.1, 0.15) is 5.75 Å². The summed E-state index contributed by atoms with van der Waals surface area (Å²) in [6.45, 7) is 0.795. The van der Waals surface area contributed by atoms with Gasteiger partial charge in [-0.1, -0.05) is 12.1 Å². The van der Waals surface area contributed by atoms with E-state index >= 15 is 0 Å². The molecule has 2 atom stereocenters. The Bertz CT molecular complexity index is 325. The Hall–Kier alpha value is -0.670. The van der Waals surface area contributed by atoms with Gasteiger partial charge in [-0.25, -0.2) is 0 Å². The fourth-order valence-corrected chi connectivity index (χ4v) is 3.58. The average molecular weight is 237 g/mol. The third-order valence-electron chi connectivity index (χ3n) is 3.32. The highest BCUT2D eigenvalue weighted by molar-refractivity contribution is 7.99. The van der Waals surface area contributed by atoms with E-state index in [4.69, 9.17) is 10.5 Å². The molecule has 1 heterocycles. The molecular weight excluding hydrogens is 218 g/mol. The van der Waals surface area contributed by atoms with Crippen LogP contribution in [0.1, 0.15) is 17.9 Å². The van der Waals surface area contributed by atoms with E-state index < -0.39 is 0 Å². The Kier molecular flexibility index (Phi) is 4.13. The van der Waals surface area contributed by atoms with E-state index in [1.54, 1.807) is 7.11 Å². The summed E-state index contributed by atoms with van der Waals surface area (Å²) in [5.41, 5.74) is 7.26. The van der Waals surface area contributed by atoms with E-state index in [1.165, 1.54) is 23.5 Å². The zero-order valence-electron chi connectivity index (χ0n) is 9.69. The molecule has 1 aromatic rings. The van der Waals surface area contributed by atoms with Gasteiger partial charge in [0, 0.05) is 0 Å². The number of hydrogen-bond donors (Lipinski definition) is 1. The third kappa shape index (κ3) is 2.53. The standard InChI is InChI=1S/C13H19NOS/c1-15-12-4-2-10(3-5-12)13-6-7-16-9-11(13)8-14/h2-5,11,13H,6-9,14H2,1H3. The Morgan fingerprint density at radius 3 is 2.75 bits per heavy atom. The van der Waals surface area contributed by atoms with Gasteiger partial charge in [-0.05, 0) is 54.0 Å². The van der Waals surface area contributed by atoms with Crippen molar-refractivity contribution >= 4 is 11.8 Å². The molecule has 2 rings (SSSR count). The highest BCUT2D eigenvalue weighted by Crippen LogP contribution is 2.36. The van der Waals surface area contributed by atoms with Crippen LogP contribution in [0.3, 0.4) is 0 Å². The lowest BCUT2D eigenvalue weighted by atomic mass is 9.85. The van der Waals surface area contributed by atoms with Crippen molar-refractivity contribution in [2.24, 2.45) is 11.7 Å². The van der Waals surface area contributed by atoms with Crippen molar-refractivity contribution in [3.63, 3.8) is 0 Å². The lowest BCUT2D eigenvalue weighted by molar-refractivity contribution is 0.413. The van der Waals surface area contributed by atoms with Crippen LogP contribution in [0.4, 0.5) is 0 Å². The van der Waals surface area contributed by atoms with E-state index in [2.05, 4.69) is 12.1 Å². The van der Waals surface area contributed by atoms with Crippen LogP contribution < -0.4 is 10.5 Å². The van der Waals surface area contributed by atoms with Crippen molar-refractivity contribution in [3.8, 4) is 5.75 Å². The molecule has 0 aliphatic carbocycles. The van der Waals surface area contributed by atoms with Crippen LogP contribution in [0.15, 0.2) is 24.3 Å². The van der Waals surface area contributed by atoms with Crippen molar-refractivity contribution in [2.45, 2.75) is 12.3 Å². The molecule has 0 radical (unpaired) electrons. The van der Waals surface area contributed by atoms with Gasteiger partial charge in [-0.3, -0.25) is 0 Å². The lowest BCUT2D eigenvalue weighted by Crippen LogP contribution is -2.28. The number of hydrogen-bond acceptors (Lipinski definition) is 3. The van der Waals surface area contributed by atoms with Crippen LogP contribution in [0.5, 0.6) is 5.75 Å². The largest absolute Gasteiger partial charge is 0.497 e. The molecule has 88 valence electrons. The van der Waals surface area contributed by atoms with Gasteiger partial charge >= 0.3 is 0 Å². The van der Waals surface area contributed by atoms with Crippen LogP contribution >= 0.6 is 11.8 Å². The predicted octanol–water partition coefficient (Wildman–Crippen LogP) is 2.49. The van der Waals surface area contributed by atoms with Gasteiger partial charge in [-0.2, -0.15) is 11.8 Å². The first-order valence-electron chi connectivity index (χ1n) is 5.77. The number of thioether (sulfide) groups is 1. The van der Waals surface area contributed by atoms with Gasteiger partial charge in [0.2, 0.25) is 0 Å². The maximum Gasteiger partial charge on any atom is 0.118 e. The Morgan fingerprint density at radius 2 is 2.12 bits per heavy atom. The van der Waals surface area contributed by atoms with Crippen molar-refractivity contribution < 1.29 is 4.74 Å². The highest BCUT2D eigenvalue weighted by atomic mass is 32.2. The van der Waals surface area contributed by atoms with Crippen molar-refractivity contribution in [1.82, 2.24) is 0 Å². The summed E-state index contributed by atoms with van der Waals surface area (Å²) in [7, 11) is 1.70. The first kappa shape index (κ1) is 11.8. The SMILES string of the molecule is COc1ccc(C2CCSCC2CN)cc1. The lowest BCUT2D eigenvalue weighted by Gasteiger charge is -2.30. The van der Waals surface area contributed by atoms with E-state index in [-0.39, 0.29) is 0 Å². The van der Waals surface area contributed by atoms with E-state index in [9.17, 15) is 0 Å². The average Bonchev–Trinajstić information content (AvgIpc) is 2.39. The highest BCUT2D eigenvalue weighted by Gasteiger charge is 2.25. The maximum atomic E-state index is 5.85. The number of benzene rings is 1. The molecule has 16 heavy (non-hydrogen) atoms. The molecule has 1 aliphatic heterocycles. The number of nitrogens with two attached hydrogens (primary N) is 1. The predicted molar refractivity (Wildman–Crippen MR) is 70.2 cm³/mol. The topological polar surface area (TPSA) is 35.2 Å². The third-order valence-corrected chi connectivity index (χ3v) is 4.51. The first-order chi connectivity index (χ1) is 7.85. The molecule has 0 aromatic heterocycles. The van der Waals surface area contributed by atoms with Crippen LogP contribution in [-0.4, -0.2) is 25.2 Å². The van der Waals surface area contributed by atoms with Crippen LogP contribution in [0.25, 0.3) is 0 Å². The quantitative estimate of drug-likeness (QED) is 0.877. The number of rotatable bonds is 3. The van der Waals surface area contributed by atoms with Crippen LogP contribution in [-0.2, 0) is 0 Å². The fourth-order valence-electron chi connectivity index (χ4n) is 2.32. The molecule has 2 unspecified atom stereocenters. The molecule has 0 amide bonds. The molecule has 1 aliphatic rings. The molecule has 2 N–H and O–H groups in total. The van der Waals surface area contributed by atoms with Gasteiger partial charge in [-0.15, -0.1) is 0 Å². The second kappa shape index (κ2) is 5.60. The van der Waals surface area contributed by atoms with Crippen molar-refractivity contribution in [2.75, 3.05) is 25.2 Å². The second-order valence-corrected chi connectivity index (χ2v) is 5.39. The molecule has 1 fully saturated rings. The van der Waals surface area contributed by atoms with E-state index in [1.807, 2.05) is 23.9 Å². The molecule has 3 heteroatoms. The van der Waals surface area contributed by atoms with Gasteiger partial charge in [0.25, 0.3) is 0 Å². The minimum absolute atomic E-state index is 0.632.